The van der Waals surface area contributed by atoms with Gasteiger partial charge in [0.05, 0.1) is 13.0 Å². The molecule has 2 aromatic rings. The smallest absolute Gasteiger partial charge is 0.407 e. The molecule has 0 radical (unpaired) electrons. The maximum Gasteiger partial charge on any atom is 0.407 e. The fourth-order valence-electron chi connectivity index (χ4n) is 4.06. The van der Waals surface area contributed by atoms with Gasteiger partial charge in [-0.1, -0.05) is 62.4 Å². The molecule has 0 saturated carbocycles. The fourth-order valence-corrected chi connectivity index (χ4v) is 4.06. The third kappa shape index (κ3) is 5.90. The molecule has 0 spiro atoms. The summed E-state index contributed by atoms with van der Waals surface area (Å²) in [6.45, 7) is 3.68. The second-order valence-corrected chi connectivity index (χ2v) is 8.43. The Bertz CT molecular complexity index is 960. The summed E-state index contributed by atoms with van der Waals surface area (Å²) in [4.78, 5) is 36.3. The van der Waals surface area contributed by atoms with Crippen molar-refractivity contribution in [2.75, 3.05) is 20.3 Å². The Morgan fingerprint density at radius 1 is 0.970 bits per heavy atom. The second kappa shape index (κ2) is 11.0. The monoisotopic (exact) mass is 454 g/mol. The number of carboxylic acid groups (broad SMARTS) is 1. The molecule has 0 aliphatic heterocycles. The zero-order valence-corrected chi connectivity index (χ0v) is 19.0. The van der Waals surface area contributed by atoms with Crippen LogP contribution in [0.5, 0.6) is 0 Å². The minimum absolute atomic E-state index is 0.0755. The van der Waals surface area contributed by atoms with Crippen LogP contribution in [0.4, 0.5) is 4.79 Å². The van der Waals surface area contributed by atoms with Gasteiger partial charge in [-0.15, -0.1) is 0 Å². The summed E-state index contributed by atoms with van der Waals surface area (Å²) >= 11 is 0. The summed E-state index contributed by atoms with van der Waals surface area (Å²) in [6.07, 6.45) is -0.956. The van der Waals surface area contributed by atoms with Crippen molar-refractivity contribution in [3.8, 4) is 11.1 Å². The Morgan fingerprint density at radius 2 is 1.55 bits per heavy atom. The Morgan fingerprint density at radius 3 is 2.06 bits per heavy atom. The topological polar surface area (TPSA) is 114 Å². The molecule has 8 heteroatoms. The van der Waals surface area contributed by atoms with Crippen molar-refractivity contribution < 1.29 is 29.0 Å². The van der Waals surface area contributed by atoms with Crippen LogP contribution in [0.2, 0.25) is 0 Å². The van der Waals surface area contributed by atoms with Gasteiger partial charge in [-0.2, -0.15) is 0 Å². The largest absolute Gasteiger partial charge is 0.481 e. The Labute approximate surface area is 193 Å². The number of nitrogens with one attached hydrogen (secondary N) is 2. The first-order chi connectivity index (χ1) is 15.8. The number of methoxy groups -OCH3 is 1. The third-order valence-electron chi connectivity index (χ3n) is 5.81. The Hall–Kier alpha value is -3.39. The minimum Gasteiger partial charge on any atom is -0.481 e. The molecule has 0 saturated heterocycles. The minimum atomic E-state index is -1.01. The highest BCUT2D eigenvalue weighted by Gasteiger charge is 2.30. The van der Waals surface area contributed by atoms with E-state index < -0.39 is 30.1 Å². The van der Waals surface area contributed by atoms with E-state index >= 15 is 0 Å². The molecule has 33 heavy (non-hydrogen) atoms. The highest BCUT2D eigenvalue weighted by atomic mass is 16.5. The first-order valence-electron chi connectivity index (χ1n) is 10.9. The molecular weight excluding hydrogens is 424 g/mol. The number of rotatable bonds is 10. The van der Waals surface area contributed by atoms with E-state index in [-0.39, 0.29) is 31.5 Å². The number of hydrogen-bond acceptors (Lipinski definition) is 5. The lowest BCUT2D eigenvalue weighted by Crippen LogP contribution is -2.53. The van der Waals surface area contributed by atoms with Crippen molar-refractivity contribution in [3.05, 3.63) is 59.7 Å². The molecule has 176 valence electrons. The highest BCUT2D eigenvalue weighted by Crippen LogP contribution is 2.44. The van der Waals surface area contributed by atoms with Crippen LogP contribution >= 0.6 is 0 Å². The molecule has 0 bridgehead atoms. The number of carbonyl (C=O) groups excluding carboxylic acids is 2. The number of carbonyl (C=O) groups is 3. The number of hydrogen-bond donors (Lipinski definition) is 3. The van der Waals surface area contributed by atoms with Gasteiger partial charge < -0.3 is 25.2 Å². The fraction of sp³-hybridized carbons (Fsp3) is 0.400. The number of carboxylic acids is 1. The number of ether oxygens (including phenoxy) is 2. The van der Waals surface area contributed by atoms with Gasteiger partial charge in [0.1, 0.15) is 12.6 Å². The lowest BCUT2D eigenvalue weighted by atomic mass is 9.98. The summed E-state index contributed by atoms with van der Waals surface area (Å²) in [7, 11) is 1.41. The molecule has 8 nitrogen and oxygen atoms in total. The quantitative estimate of drug-likeness (QED) is 0.508. The number of amides is 2. The summed E-state index contributed by atoms with van der Waals surface area (Å²) in [5.41, 5.74) is 4.42. The SMILES string of the molecule is COC[C@H](NC(=O)OCC1c2ccccc2-c2ccccc21)C(=O)N[C@H](CC(=O)O)C(C)C. The van der Waals surface area contributed by atoms with E-state index in [1.165, 1.54) is 7.11 Å². The third-order valence-corrected chi connectivity index (χ3v) is 5.81. The maximum absolute atomic E-state index is 12.7. The van der Waals surface area contributed by atoms with Gasteiger partial charge in [0.25, 0.3) is 0 Å². The summed E-state index contributed by atoms with van der Waals surface area (Å²) in [5, 5.41) is 14.3. The normalized spacial score (nSPS) is 14.2. The van der Waals surface area contributed by atoms with Crippen molar-refractivity contribution in [1.29, 1.82) is 0 Å². The molecule has 0 heterocycles. The van der Waals surface area contributed by atoms with E-state index in [9.17, 15) is 14.4 Å². The molecule has 2 amide bonds. The lowest BCUT2D eigenvalue weighted by Gasteiger charge is -2.24. The molecule has 2 atom stereocenters. The number of fused-ring (bicyclic) bond motifs is 3. The van der Waals surface area contributed by atoms with Crippen molar-refractivity contribution in [3.63, 3.8) is 0 Å². The van der Waals surface area contributed by atoms with Crippen molar-refractivity contribution in [1.82, 2.24) is 10.6 Å². The number of aliphatic carboxylic acids is 1. The van der Waals surface area contributed by atoms with Crippen LogP contribution in [-0.4, -0.2) is 55.5 Å². The molecule has 2 aromatic carbocycles. The Balaban J connectivity index is 1.64. The first-order valence-corrected chi connectivity index (χ1v) is 10.9. The van der Waals surface area contributed by atoms with Crippen LogP contribution in [0, 0.1) is 5.92 Å². The predicted molar refractivity (Wildman–Crippen MR) is 123 cm³/mol. The van der Waals surface area contributed by atoms with Crippen molar-refractivity contribution >= 4 is 18.0 Å². The van der Waals surface area contributed by atoms with Gasteiger partial charge in [-0.3, -0.25) is 9.59 Å². The Kier molecular flexibility index (Phi) is 8.06. The first kappa shape index (κ1) is 24.3. The van der Waals surface area contributed by atoms with E-state index in [1.54, 1.807) is 0 Å². The zero-order valence-electron chi connectivity index (χ0n) is 19.0. The standard InChI is InChI=1S/C25H30N2O6/c1-15(2)21(12-23(28)29)26-24(30)22(14-32-3)27-25(31)33-13-20-18-10-6-4-8-16(18)17-9-5-7-11-19(17)20/h4-11,15,20-22H,12-14H2,1-3H3,(H,26,30)(H,27,31)(H,28,29)/t21-,22+/m1/s1. The number of benzene rings is 2. The molecule has 3 rings (SSSR count). The van der Waals surface area contributed by atoms with Gasteiger partial charge in [0.15, 0.2) is 0 Å². The van der Waals surface area contributed by atoms with Crippen LogP contribution < -0.4 is 10.6 Å². The van der Waals surface area contributed by atoms with Gasteiger partial charge in [-0.05, 0) is 28.2 Å². The van der Waals surface area contributed by atoms with Gasteiger partial charge >= 0.3 is 12.1 Å². The van der Waals surface area contributed by atoms with Gasteiger partial charge in [0, 0.05) is 19.1 Å². The molecule has 0 fully saturated rings. The lowest BCUT2D eigenvalue weighted by molar-refractivity contribution is -0.138. The second-order valence-electron chi connectivity index (χ2n) is 8.43. The summed E-state index contributed by atoms with van der Waals surface area (Å²) < 4.78 is 10.6. The molecule has 0 unspecified atom stereocenters. The molecular formula is C25H30N2O6. The van der Waals surface area contributed by atoms with Crippen molar-refractivity contribution in [2.24, 2.45) is 5.92 Å². The zero-order chi connectivity index (χ0) is 24.0. The average molecular weight is 455 g/mol. The van der Waals surface area contributed by atoms with E-state index in [0.717, 1.165) is 22.3 Å². The molecule has 0 aromatic heterocycles. The van der Waals surface area contributed by atoms with E-state index in [2.05, 4.69) is 22.8 Å². The van der Waals surface area contributed by atoms with Crippen LogP contribution in [-0.2, 0) is 19.1 Å². The van der Waals surface area contributed by atoms with Gasteiger partial charge in [-0.25, -0.2) is 4.79 Å². The molecule has 1 aliphatic rings. The number of alkyl carbamates (subject to hydrolysis) is 1. The van der Waals surface area contributed by atoms with Crippen LogP contribution in [0.3, 0.4) is 0 Å². The van der Waals surface area contributed by atoms with Gasteiger partial charge in [0.2, 0.25) is 5.91 Å². The average Bonchev–Trinajstić information content (AvgIpc) is 3.10. The summed E-state index contributed by atoms with van der Waals surface area (Å²) in [6, 6.07) is 14.4. The van der Waals surface area contributed by atoms with E-state index in [4.69, 9.17) is 14.6 Å². The highest BCUT2D eigenvalue weighted by molar-refractivity contribution is 5.86. The van der Waals surface area contributed by atoms with Crippen LogP contribution in [0.25, 0.3) is 11.1 Å². The summed E-state index contributed by atoms with van der Waals surface area (Å²) in [5.74, 6) is -1.73. The molecule has 1 aliphatic carbocycles. The van der Waals surface area contributed by atoms with Crippen LogP contribution in [0.15, 0.2) is 48.5 Å². The maximum atomic E-state index is 12.7. The van der Waals surface area contributed by atoms with E-state index in [1.807, 2.05) is 50.2 Å². The van der Waals surface area contributed by atoms with Crippen LogP contribution in [0.1, 0.15) is 37.3 Å². The van der Waals surface area contributed by atoms with Crippen molar-refractivity contribution in [2.45, 2.75) is 38.3 Å². The molecule has 3 N–H and O–H groups in total. The predicted octanol–water partition coefficient (Wildman–Crippen LogP) is 3.16. The van der Waals surface area contributed by atoms with E-state index in [0.29, 0.717) is 0 Å².